The van der Waals surface area contributed by atoms with E-state index in [2.05, 4.69) is 5.32 Å². The molecule has 1 aromatic heterocycles. The lowest BCUT2D eigenvalue weighted by Gasteiger charge is -2.15. The second kappa shape index (κ2) is 7.50. The molecule has 32 heavy (non-hydrogen) atoms. The molecular weight excluding hydrogens is 404 g/mol. The van der Waals surface area contributed by atoms with Crippen LogP contribution in [0.25, 0.3) is 11.0 Å². The second-order valence-corrected chi connectivity index (χ2v) is 7.91. The molecule has 0 fully saturated rings. The summed E-state index contributed by atoms with van der Waals surface area (Å²) in [6.07, 6.45) is 1.76. The van der Waals surface area contributed by atoms with Gasteiger partial charge in [0.1, 0.15) is 5.58 Å². The SMILES string of the molecule is Cc1ccc2c(CC(=O)Nc3cccc(N4C(=O)c5ccccc5C4=O)c3)coc2c1C. The first-order chi connectivity index (χ1) is 15.4. The van der Waals surface area contributed by atoms with Crippen molar-refractivity contribution in [2.75, 3.05) is 10.2 Å². The van der Waals surface area contributed by atoms with Gasteiger partial charge in [-0.3, -0.25) is 14.4 Å². The number of fused-ring (bicyclic) bond motifs is 2. The van der Waals surface area contributed by atoms with Gasteiger partial charge in [0.05, 0.1) is 29.5 Å². The lowest BCUT2D eigenvalue weighted by atomic mass is 10.0. The van der Waals surface area contributed by atoms with Gasteiger partial charge in [-0.05, 0) is 55.3 Å². The van der Waals surface area contributed by atoms with Crippen LogP contribution >= 0.6 is 0 Å². The number of imide groups is 1. The third-order valence-corrected chi connectivity index (χ3v) is 5.87. The Morgan fingerprint density at radius 3 is 2.38 bits per heavy atom. The third kappa shape index (κ3) is 3.17. The minimum Gasteiger partial charge on any atom is -0.464 e. The highest BCUT2D eigenvalue weighted by Gasteiger charge is 2.36. The van der Waals surface area contributed by atoms with Gasteiger partial charge in [-0.25, -0.2) is 4.90 Å². The van der Waals surface area contributed by atoms with Crippen LogP contribution in [-0.4, -0.2) is 17.7 Å². The first kappa shape index (κ1) is 19.8. The van der Waals surface area contributed by atoms with Gasteiger partial charge in [-0.1, -0.05) is 30.3 Å². The monoisotopic (exact) mass is 424 g/mol. The van der Waals surface area contributed by atoms with Crippen LogP contribution in [0.4, 0.5) is 11.4 Å². The molecule has 6 heteroatoms. The number of hydrogen-bond acceptors (Lipinski definition) is 4. The number of nitrogens with one attached hydrogen (secondary N) is 1. The van der Waals surface area contributed by atoms with Crippen molar-refractivity contribution in [2.24, 2.45) is 0 Å². The highest BCUT2D eigenvalue weighted by molar-refractivity contribution is 6.34. The molecule has 0 saturated carbocycles. The zero-order valence-electron chi connectivity index (χ0n) is 17.6. The molecule has 1 aliphatic rings. The molecule has 0 atom stereocenters. The maximum absolute atomic E-state index is 12.7. The summed E-state index contributed by atoms with van der Waals surface area (Å²) in [6, 6.07) is 17.4. The zero-order valence-corrected chi connectivity index (χ0v) is 17.6. The van der Waals surface area contributed by atoms with Crippen molar-refractivity contribution in [3.8, 4) is 0 Å². The number of carbonyl (C=O) groups excluding carboxylic acids is 3. The topological polar surface area (TPSA) is 79.6 Å². The molecule has 0 unspecified atom stereocenters. The largest absolute Gasteiger partial charge is 0.464 e. The number of benzene rings is 3. The molecule has 0 spiro atoms. The lowest BCUT2D eigenvalue weighted by molar-refractivity contribution is -0.115. The minimum atomic E-state index is -0.371. The Kier molecular flexibility index (Phi) is 4.63. The van der Waals surface area contributed by atoms with Crippen molar-refractivity contribution in [2.45, 2.75) is 20.3 Å². The number of nitrogens with zero attached hydrogens (tertiary/aromatic N) is 1. The fraction of sp³-hybridized carbons (Fsp3) is 0.115. The van der Waals surface area contributed by atoms with Crippen LogP contribution in [0.2, 0.25) is 0 Å². The molecule has 5 rings (SSSR count). The van der Waals surface area contributed by atoms with Crippen molar-refractivity contribution in [3.05, 3.63) is 94.7 Å². The standard InChI is InChI=1S/C26H20N2O4/c1-15-10-11-20-17(14-32-24(20)16(15)2)12-23(29)27-18-6-5-7-19(13-18)28-25(30)21-8-3-4-9-22(21)26(28)31/h3-11,13-14H,12H2,1-2H3,(H,27,29). The summed E-state index contributed by atoms with van der Waals surface area (Å²) in [5.41, 5.74) is 5.46. The molecule has 0 aliphatic carbocycles. The van der Waals surface area contributed by atoms with Gasteiger partial charge in [0, 0.05) is 16.6 Å². The Morgan fingerprint density at radius 2 is 1.66 bits per heavy atom. The van der Waals surface area contributed by atoms with E-state index in [1.165, 1.54) is 0 Å². The number of amides is 3. The summed E-state index contributed by atoms with van der Waals surface area (Å²) in [5.74, 6) is -0.959. The van der Waals surface area contributed by atoms with Crippen LogP contribution < -0.4 is 10.2 Å². The van der Waals surface area contributed by atoms with Crippen molar-refractivity contribution < 1.29 is 18.8 Å². The molecule has 4 aromatic rings. The van der Waals surface area contributed by atoms with Gasteiger partial charge in [0.25, 0.3) is 11.8 Å². The molecule has 1 N–H and O–H groups in total. The van der Waals surface area contributed by atoms with Crippen LogP contribution in [-0.2, 0) is 11.2 Å². The molecule has 0 radical (unpaired) electrons. The van der Waals surface area contributed by atoms with Crippen molar-refractivity contribution in [3.63, 3.8) is 0 Å². The van der Waals surface area contributed by atoms with Crippen LogP contribution in [0.3, 0.4) is 0 Å². The minimum absolute atomic E-state index is 0.146. The molecule has 6 nitrogen and oxygen atoms in total. The fourth-order valence-electron chi connectivity index (χ4n) is 4.05. The Hall–Kier alpha value is -4.19. The van der Waals surface area contributed by atoms with E-state index in [0.29, 0.717) is 22.5 Å². The predicted molar refractivity (Wildman–Crippen MR) is 122 cm³/mol. The quantitative estimate of drug-likeness (QED) is 0.466. The molecule has 2 heterocycles. The average Bonchev–Trinajstić information content (AvgIpc) is 3.30. The Bertz CT molecular complexity index is 1380. The number of anilines is 2. The smallest absolute Gasteiger partial charge is 0.266 e. The predicted octanol–water partition coefficient (Wildman–Crippen LogP) is 5.03. The summed E-state index contributed by atoms with van der Waals surface area (Å²) in [6.45, 7) is 4.01. The van der Waals surface area contributed by atoms with Gasteiger partial charge in [-0.2, -0.15) is 0 Å². The van der Waals surface area contributed by atoms with E-state index < -0.39 is 0 Å². The van der Waals surface area contributed by atoms with Crippen molar-refractivity contribution in [1.29, 1.82) is 0 Å². The van der Waals surface area contributed by atoms with E-state index in [4.69, 9.17) is 4.42 Å². The summed E-state index contributed by atoms with van der Waals surface area (Å²) < 4.78 is 5.69. The van der Waals surface area contributed by atoms with Gasteiger partial charge in [-0.15, -0.1) is 0 Å². The van der Waals surface area contributed by atoms with Crippen LogP contribution in [0.5, 0.6) is 0 Å². The van der Waals surface area contributed by atoms with Gasteiger partial charge >= 0.3 is 0 Å². The van der Waals surface area contributed by atoms with E-state index in [1.54, 1.807) is 54.8 Å². The highest BCUT2D eigenvalue weighted by Crippen LogP contribution is 2.30. The van der Waals surface area contributed by atoms with E-state index in [9.17, 15) is 14.4 Å². The molecular formula is C26H20N2O4. The fourth-order valence-corrected chi connectivity index (χ4v) is 4.05. The summed E-state index contributed by atoms with van der Waals surface area (Å²) in [7, 11) is 0. The van der Waals surface area contributed by atoms with E-state index in [0.717, 1.165) is 32.6 Å². The van der Waals surface area contributed by atoms with Crippen molar-refractivity contribution in [1.82, 2.24) is 0 Å². The first-order valence-electron chi connectivity index (χ1n) is 10.3. The van der Waals surface area contributed by atoms with Crippen molar-refractivity contribution >= 4 is 40.1 Å². The molecule has 0 bridgehead atoms. The van der Waals surface area contributed by atoms with Crippen LogP contribution in [0.1, 0.15) is 37.4 Å². The number of hydrogen-bond donors (Lipinski definition) is 1. The first-order valence-corrected chi connectivity index (χ1v) is 10.3. The maximum atomic E-state index is 12.7. The van der Waals surface area contributed by atoms with E-state index in [1.807, 2.05) is 26.0 Å². The molecule has 3 amide bonds. The number of furan rings is 1. The summed E-state index contributed by atoms with van der Waals surface area (Å²) in [4.78, 5) is 39.3. The Morgan fingerprint density at radius 1 is 0.938 bits per heavy atom. The average molecular weight is 424 g/mol. The van der Waals surface area contributed by atoms with Crippen LogP contribution in [0, 0.1) is 13.8 Å². The zero-order chi connectivity index (χ0) is 22.4. The lowest BCUT2D eigenvalue weighted by Crippen LogP contribution is -2.29. The molecule has 158 valence electrons. The summed E-state index contributed by atoms with van der Waals surface area (Å²) in [5, 5.41) is 3.78. The normalized spacial score (nSPS) is 13.0. The molecule has 0 saturated heterocycles. The van der Waals surface area contributed by atoms with Gasteiger partial charge in [0.15, 0.2) is 0 Å². The van der Waals surface area contributed by atoms with E-state index in [-0.39, 0.29) is 24.1 Å². The second-order valence-electron chi connectivity index (χ2n) is 7.91. The van der Waals surface area contributed by atoms with Gasteiger partial charge < -0.3 is 9.73 Å². The highest BCUT2D eigenvalue weighted by atomic mass is 16.3. The Balaban J connectivity index is 1.36. The molecule has 1 aliphatic heterocycles. The van der Waals surface area contributed by atoms with E-state index >= 15 is 0 Å². The molecule has 3 aromatic carbocycles. The third-order valence-electron chi connectivity index (χ3n) is 5.87. The van der Waals surface area contributed by atoms with Gasteiger partial charge in [0.2, 0.25) is 5.91 Å². The number of rotatable bonds is 4. The number of aryl methyl sites for hydroxylation is 2. The summed E-state index contributed by atoms with van der Waals surface area (Å²) >= 11 is 0. The maximum Gasteiger partial charge on any atom is 0.266 e. The number of carbonyl (C=O) groups is 3. The van der Waals surface area contributed by atoms with Crippen LogP contribution in [0.15, 0.2) is 71.3 Å². The Labute approximate surface area is 184 Å².